The Bertz CT molecular complexity index is 510. The number of hydrogen-bond donors (Lipinski definition) is 3. The lowest BCUT2D eigenvalue weighted by molar-refractivity contribution is 0.0963. The number of phenolic OH excluding ortho intramolecular Hbond substituents is 1. The summed E-state index contributed by atoms with van der Waals surface area (Å²) < 4.78 is 24.1. The number of carbonyl (C=O) groups excluding carboxylic acids is 1. The Labute approximate surface area is 93.3 Å². The number of sulfonamides is 1. The van der Waals surface area contributed by atoms with Crippen LogP contribution in [-0.4, -0.2) is 32.7 Å². The number of carbonyl (C=O) groups is 1. The molecule has 3 N–H and O–H groups in total. The average Bonchev–Trinajstić information content (AvgIpc) is 2.18. The summed E-state index contributed by atoms with van der Waals surface area (Å²) in [7, 11) is -2.03. The van der Waals surface area contributed by atoms with Crippen LogP contribution < -0.4 is 10.0 Å². The quantitative estimate of drug-likeness (QED) is 0.658. The predicted molar refractivity (Wildman–Crippen MR) is 60.0 cm³/mol. The third-order valence-electron chi connectivity index (χ3n) is 1.78. The van der Waals surface area contributed by atoms with Gasteiger partial charge in [0.15, 0.2) is 0 Å². The number of hydrogen-bond acceptors (Lipinski definition) is 4. The van der Waals surface area contributed by atoms with Gasteiger partial charge in [0.2, 0.25) is 10.0 Å². The van der Waals surface area contributed by atoms with Gasteiger partial charge in [-0.25, -0.2) is 8.42 Å². The fourth-order valence-corrected chi connectivity index (χ4v) is 1.67. The van der Waals surface area contributed by atoms with Gasteiger partial charge in [-0.1, -0.05) is 0 Å². The molecule has 0 radical (unpaired) electrons. The third-order valence-corrected chi connectivity index (χ3v) is 2.37. The van der Waals surface area contributed by atoms with E-state index in [2.05, 4.69) is 10.0 Å². The van der Waals surface area contributed by atoms with E-state index in [4.69, 9.17) is 0 Å². The predicted octanol–water partition coefficient (Wildman–Crippen LogP) is 0.123. The first-order chi connectivity index (χ1) is 7.33. The number of amides is 1. The Hall–Kier alpha value is -1.76. The van der Waals surface area contributed by atoms with Crippen LogP contribution in [0.1, 0.15) is 10.4 Å². The van der Waals surface area contributed by atoms with Crippen LogP contribution in [0.3, 0.4) is 0 Å². The second-order valence-electron chi connectivity index (χ2n) is 3.19. The Kier molecular flexibility index (Phi) is 3.38. The number of rotatable bonds is 3. The van der Waals surface area contributed by atoms with Gasteiger partial charge >= 0.3 is 0 Å². The van der Waals surface area contributed by atoms with Gasteiger partial charge in [0.1, 0.15) is 5.75 Å². The molecule has 7 heteroatoms. The summed E-state index contributed by atoms with van der Waals surface area (Å²) in [4.78, 5) is 11.3. The molecule has 16 heavy (non-hydrogen) atoms. The highest BCUT2D eigenvalue weighted by Gasteiger charge is 2.10. The van der Waals surface area contributed by atoms with Crippen LogP contribution >= 0.6 is 0 Å². The summed E-state index contributed by atoms with van der Waals surface area (Å²) >= 11 is 0. The van der Waals surface area contributed by atoms with Crippen LogP contribution in [0.15, 0.2) is 18.2 Å². The topological polar surface area (TPSA) is 95.5 Å². The average molecular weight is 244 g/mol. The summed E-state index contributed by atoms with van der Waals surface area (Å²) in [6.07, 6.45) is 0.957. The number of aromatic hydroxyl groups is 1. The molecule has 0 spiro atoms. The maximum atomic E-state index is 11.3. The Morgan fingerprint density at radius 1 is 1.38 bits per heavy atom. The van der Waals surface area contributed by atoms with Crippen molar-refractivity contribution in [3.05, 3.63) is 23.8 Å². The molecule has 1 aromatic rings. The molecule has 0 saturated carbocycles. The Balaban J connectivity index is 3.14. The minimum absolute atomic E-state index is 0.0244. The van der Waals surface area contributed by atoms with Gasteiger partial charge < -0.3 is 10.4 Å². The molecule has 88 valence electrons. The molecule has 0 heterocycles. The minimum atomic E-state index is -3.49. The molecule has 0 fully saturated rings. The molecule has 1 aromatic carbocycles. The molecule has 0 aliphatic rings. The lowest BCUT2D eigenvalue weighted by atomic mass is 10.2. The fraction of sp³-hybridized carbons (Fsp3) is 0.222. The molecule has 6 nitrogen and oxygen atoms in total. The normalized spacial score (nSPS) is 10.9. The summed E-state index contributed by atoms with van der Waals surface area (Å²) in [6, 6.07) is 3.90. The van der Waals surface area contributed by atoms with Crippen LogP contribution in [0.5, 0.6) is 5.75 Å². The van der Waals surface area contributed by atoms with Crippen molar-refractivity contribution in [3.63, 3.8) is 0 Å². The Morgan fingerprint density at radius 3 is 2.50 bits per heavy atom. The highest BCUT2D eigenvalue weighted by atomic mass is 32.2. The lowest BCUT2D eigenvalue weighted by Crippen LogP contribution is -2.18. The smallest absolute Gasteiger partial charge is 0.251 e. The summed E-state index contributed by atoms with van der Waals surface area (Å²) in [5.41, 5.74) is 0.232. The largest absolute Gasteiger partial charge is 0.506 e. The molecule has 0 bridgehead atoms. The molecule has 0 unspecified atom stereocenters. The highest BCUT2D eigenvalue weighted by Crippen LogP contribution is 2.24. The van der Waals surface area contributed by atoms with Crippen molar-refractivity contribution in [2.45, 2.75) is 0 Å². The zero-order chi connectivity index (χ0) is 12.3. The summed E-state index contributed by atoms with van der Waals surface area (Å²) in [5, 5.41) is 11.8. The third kappa shape index (κ3) is 3.13. The van der Waals surface area contributed by atoms with Crippen LogP contribution in [-0.2, 0) is 10.0 Å². The molecular weight excluding hydrogens is 232 g/mol. The van der Waals surface area contributed by atoms with Crippen LogP contribution in [0.2, 0.25) is 0 Å². The first kappa shape index (κ1) is 12.3. The number of phenols is 1. The molecule has 0 aromatic heterocycles. The van der Waals surface area contributed by atoms with Gasteiger partial charge in [0.25, 0.3) is 5.91 Å². The van der Waals surface area contributed by atoms with E-state index >= 15 is 0 Å². The number of nitrogens with one attached hydrogen (secondary N) is 2. The van der Waals surface area contributed by atoms with Crippen LogP contribution in [0, 0.1) is 0 Å². The molecule has 1 amide bonds. The van der Waals surface area contributed by atoms with E-state index in [1.54, 1.807) is 0 Å². The zero-order valence-corrected chi connectivity index (χ0v) is 9.63. The van der Waals surface area contributed by atoms with Gasteiger partial charge in [-0.3, -0.25) is 9.52 Å². The molecule has 1 rings (SSSR count). The summed E-state index contributed by atoms with van der Waals surface area (Å²) in [6.45, 7) is 0. The SMILES string of the molecule is CNC(=O)c1ccc(O)c(NS(C)(=O)=O)c1. The van der Waals surface area contributed by atoms with E-state index in [-0.39, 0.29) is 22.9 Å². The van der Waals surface area contributed by atoms with Crippen molar-refractivity contribution in [1.82, 2.24) is 5.32 Å². The van der Waals surface area contributed by atoms with Crippen LogP contribution in [0.4, 0.5) is 5.69 Å². The van der Waals surface area contributed by atoms with E-state index in [1.807, 2.05) is 0 Å². The molecular formula is C9H12N2O4S. The standard InChI is InChI=1S/C9H12N2O4S/c1-10-9(13)6-3-4-8(12)7(5-6)11-16(2,14)15/h3-5,11-12H,1-2H3,(H,10,13). The molecule has 0 aliphatic heterocycles. The molecule has 0 atom stereocenters. The van der Waals surface area contributed by atoms with Gasteiger partial charge in [0, 0.05) is 12.6 Å². The molecule has 0 saturated heterocycles. The van der Waals surface area contributed by atoms with Crippen molar-refractivity contribution in [3.8, 4) is 5.75 Å². The first-order valence-corrected chi connectivity index (χ1v) is 6.25. The van der Waals surface area contributed by atoms with E-state index in [9.17, 15) is 18.3 Å². The second-order valence-corrected chi connectivity index (χ2v) is 4.93. The number of anilines is 1. The lowest BCUT2D eigenvalue weighted by Gasteiger charge is -2.08. The van der Waals surface area contributed by atoms with Gasteiger partial charge in [0.05, 0.1) is 11.9 Å². The van der Waals surface area contributed by atoms with Crippen LogP contribution in [0.25, 0.3) is 0 Å². The first-order valence-electron chi connectivity index (χ1n) is 4.36. The van der Waals surface area contributed by atoms with E-state index in [0.717, 1.165) is 6.26 Å². The fourth-order valence-electron chi connectivity index (χ4n) is 1.10. The van der Waals surface area contributed by atoms with E-state index in [0.29, 0.717) is 0 Å². The maximum absolute atomic E-state index is 11.3. The van der Waals surface area contributed by atoms with Gasteiger partial charge in [-0.2, -0.15) is 0 Å². The van der Waals surface area contributed by atoms with Crippen molar-refractivity contribution in [1.29, 1.82) is 0 Å². The van der Waals surface area contributed by atoms with Crippen molar-refractivity contribution in [2.24, 2.45) is 0 Å². The molecule has 0 aliphatic carbocycles. The van der Waals surface area contributed by atoms with Crippen molar-refractivity contribution in [2.75, 3.05) is 18.0 Å². The minimum Gasteiger partial charge on any atom is -0.506 e. The zero-order valence-electron chi connectivity index (χ0n) is 8.81. The van der Waals surface area contributed by atoms with Crippen molar-refractivity contribution >= 4 is 21.6 Å². The van der Waals surface area contributed by atoms with E-state index < -0.39 is 10.0 Å². The second kappa shape index (κ2) is 4.40. The monoisotopic (exact) mass is 244 g/mol. The number of benzene rings is 1. The van der Waals surface area contributed by atoms with Crippen molar-refractivity contribution < 1.29 is 18.3 Å². The van der Waals surface area contributed by atoms with Gasteiger partial charge in [-0.15, -0.1) is 0 Å². The summed E-state index contributed by atoms with van der Waals surface area (Å²) in [5.74, 6) is -0.602. The maximum Gasteiger partial charge on any atom is 0.251 e. The van der Waals surface area contributed by atoms with E-state index in [1.165, 1.54) is 25.2 Å². The van der Waals surface area contributed by atoms with Gasteiger partial charge in [-0.05, 0) is 18.2 Å². The Morgan fingerprint density at radius 2 is 2.00 bits per heavy atom. The highest BCUT2D eigenvalue weighted by molar-refractivity contribution is 7.92.